The van der Waals surface area contributed by atoms with E-state index in [9.17, 15) is 4.79 Å². The SMILES string of the molecule is CCOCCN(CC)C(=O)c1cc(N)cnc1Cl. The number of carbonyl (C=O) groups is 1. The number of hydrogen-bond acceptors (Lipinski definition) is 4. The van der Waals surface area contributed by atoms with Crippen molar-refractivity contribution >= 4 is 23.2 Å². The van der Waals surface area contributed by atoms with Gasteiger partial charge in [0, 0.05) is 19.7 Å². The predicted octanol–water partition coefficient (Wildman–Crippen LogP) is 1.82. The van der Waals surface area contributed by atoms with E-state index in [-0.39, 0.29) is 11.1 Å². The lowest BCUT2D eigenvalue weighted by atomic mass is 10.2. The average Bonchev–Trinajstić information content (AvgIpc) is 2.37. The summed E-state index contributed by atoms with van der Waals surface area (Å²) in [5, 5.41) is 0.170. The van der Waals surface area contributed by atoms with Gasteiger partial charge in [0.2, 0.25) is 0 Å². The maximum absolute atomic E-state index is 12.2. The third-order valence-corrected chi connectivity index (χ3v) is 2.77. The van der Waals surface area contributed by atoms with Gasteiger partial charge in [-0.2, -0.15) is 0 Å². The number of ether oxygens (including phenoxy) is 1. The van der Waals surface area contributed by atoms with Gasteiger partial charge in [-0.1, -0.05) is 11.6 Å². The maximum Gasteiger partial charge on any atom is 0.257 e. The summed E-state index contributed by atoms with van der Waals surface area (Å²) in [4.78, 5) is 17.8. The molecule has 1 heterocycles. The lowest BCUT2D eigenvalue weighted by molar-refractivity contribution is 0.0669. The molecule has 0 aliphatic heterocycles. The number of halogens is 1. The number of likely N-dealkylation sites (N-methyl/N-ethyl adjacent to an activating group) is 1. The van der Waals surface area contributed by atoms with Crippen molar-refractivity contribution in [3.8, 4) is 0 Å². The number of hydrogen-bond donors (Lipinski definition) is 1. The average molecular weight is 272 g/mol. The molecule has 0 aliphatic carbocycles. The van der Waals surface area contributed by atoms with Crippen LogP contribution in [0.4, 0.5) is 5.69 Å². The first-order valence-electron chi connectivity index (χ1n) is 5.88. The number of carbonyl (C=O) groups excluding carboxylic acids is 1. The molecule has 0 fully saturated rings. The lowest BCUT2D eigenvalue weighted by Crippen LogP contribution is -2.34. The molecule has 0 saturated carbocycles. The number of nitrogens with zero attached hydrogens (tertiary/aromatic N) is 2. The Morgan fingerprint density at radius 1 is 1.56 bits per heavy atom. The van der Waals surface area contributed by atoms with Crippen molar-refractivity contribution in [2.45, 2.75) is 13.8 Å². The Morgan fingerprint density at radius 2 is 2.28 bits per heavy atom. The highest BCUT2D eigenvalue weighted by Gasteiger charge is 2.18. The van der Waals surface area contributed by atoms with E-state index >= 15 is 0 Å². The van der Waals surface area contributed by atoms with Gasteiger partial charge in [0.25, 0.3) is 5.91 Å². The molecule has 1 aromatic rings. The molecule has 0 saturated heterocycles. The summed E-state index contributed by atoms with van der Waals surface area (Å²) in [7, 11) is 0. The number of anilines is 1. The molecule has 5 nitrogen and oxygen atoms in total. The quantitative estimate of drug-likeness (QED) is 0.633. The van der Waals surface area contributed by atoms with Crippen molar-refractivity contribution in [2.75, 3.05) is 32.0 Å². The number of rotatable bonds is 6. The molecular weight excluding hydrogens is 254 g/mol. The molecule has 0 bridgehead atoms. The zero-order valence-corrected chi connectivity index (χ0v) is 11.4. The molecule has 0 spiro atoms. The summed E-state index contributed by atoms with van der Waals surface area (Å²) < 4.78 is 5.24. The summed E-state index contributed by atoms with van der Waals surface area (Å²) >= 11 is 5.91. The molecule has 6 heteroatoms. The van der Waals surface area contributed by atoms with Crippen LogP contribution in [0.5, 0.6) is 0 Å². The highest BCUT2D eigenvalue weighted by atomic mass is 35.5. The van der Waals surface area contributed by atoms with Crippen molar-refractivity contribution in [3.63, 3.8) is 0 Å². The first-order valence-corrected chi connectivity index (χ1v) is 6.26. The second-order valence-electron chi connectivity index (χ2n) is 3.69. The van der Waals surface area contributed by atoms with E-state index in [4.69, 9.17) is 22.1 Å². The highest BCUT2D eigenvalue weighted by molar-refractivity contribution is 6.32. The molecular formula is C12H18ClN3O2. The zero-order chi connectivity index (χ0) is 13.5. The Bertz CT molecular complexity index is 412. The Labute approximate surface area is 112 Å². The second kappa shape index (κ2) is 7.18. The molecule has 18 heavy (non-hydrogen) atoms. The lowest BCUT2D eigenvalue weighted by Gasteiger charge is -2.21. The van der Waals surface area contributed by atoms with Crippen molar-refractivity contribution in [2.24, 2.45) is 0 Å². The van der Waals surface area contributed by atoms with Gasteiger partial charge in [0.15, 0.2) is 0 Å². The maximum atomic E-state index is 12.2. The Hall–Kier alpha value is -1.33. The first-order chi connectivity index (χ1) is 8.60. The second-order valence-corrected chi connectivity index (χ2v) is 4.05. The van der Waals surface area contributed by atoms with Crippen LogP contribution in [0.3, 0.4) is 0 Å². The third-order valence-electron chi connectivity index (χ3n) is 2.47. The molecule has 0 radical (unpaired) electrons. The molecule has 0 unspecified atom stereocenters. The van der Waals surface area contributed by atoms with E-state index in [1.807, 2.05) is 13.8 Å². The minimum Gasteiger partial charge on any atom is -0.397 e. The van der Waals surface area contributed by atoms with Gasteiger partial charge in [-0.15, -0.1) is 0 Å². The van der Waals surface area contributed by atoms with Crippen LogP contribution < -0.4 is 5.73 Å². The molecule has 1 amide bonds. The number of aromatic nitrogens is 1. The summed E-state index contributed by atoms with van der Waals surface area (Å²) in [5.74, 6) is -0.179. The van der Waals surface area contributed by atoms with E-state index in [2.05, 4.69) is 4.98 Å². The fraction of sp³-hybridized carbons (Fsp3) is 0.500. The van der Waals surface area contributed by atoms with Crippen molar-refractivity contribution in [1.29, 1.82) is 0 Å². The van der Waals surface area contributed by atoms with Crippen LogP contribution in [0.2, 0.25) is 5.15 Å². The Balaban J connectivity index is 2.79. The Morgan fingerprint density at radius 3 is 2.89 bits per heavy atom. The van der Waals surface area contributed by atoms with Crippen LogP contribution in [-0.2, 0) is 4.74 Å². The predicted molar refractivity (Wildman–Crippen MR) is 71.7 cm³/mol. The zero-order valence-electron chi connectivity index (χ0n) is 10.6. The molecule has 0 aromatic carbocycles. The van der Waals surface area contributed by atoms with Crippen LogP contribution >= 0.6 is 11.6 Å². The minimum atomic E-state index is -0.179. The minimum absolute atomic E-state index is 0.170. The number of amides is 1. The molecule has 100 valence electrons. The summed E-state index contributed by atoms with van der Waals surface area (Å²) in [6.45, 7) is 6.05. The monoisotopic (exact) mass is 271 g/mol. The normalized spacial score (nSPS) is 10.4. The van der Waals surface area contributed by atoms with E-state index < -0.39 is 0 Å². The molecule has 1 aromatic heterocycles. The smallest absolute Gasteiger partial charge is 0.257 e. The fourth-order valence-electron chi connectivity index (χ4n) is 1.51. The van der Waals surface area contributed by atoms with Crippen molar-refractivity contribution in [1.82, 2.24) is 9.88 Å². The van der Waals surface area contributed by atoms with E-state index in [0.717, 1.165) is 0 Å². The fourth-order valence-corrected chi connectivity index (χ4v) is 1.69. The first kappa shape index (κ1) is 14.7. The summed E-state index contributed by atoms with van der Waals surface area (Å²) in [6.07, 6.45) is 1.43. The molecule has 1 rings (SSSR count). The Kier molecular flexibility index (Phi) is 5.88. The van der Waals surface area contributed by atoms with Crippen molar-refractivity contribution in [3.05, 3.63) is 23.0 Å². The highest BCUT2D eigenvalue weighted by Crippen LogP contribution is 2.17. The van der Waals surface area contributed by atoms with Gasteiger partial charge in [-0.05, 0) is 19.9 Å². The van der Waals surface area contributed by atoms with Gasteiger partial charge >= 0.3 is 0 Å². The standard InChI is InChI=1S/C12H18ClN3O2/c1-3-16(5-6-18-4-2)12(17)10-7-9(14)8-15-11(10)13/h7-8H,3-6,14H2,1-2H3. The van der Waals surface area contributed by atoms with Gasteiger partial charge in [-0.25, -0.2) is 4.98 Å². The van der Waals surface area contributed by atoms with Gasteiger partial charge < -0.3 is 15.4 Å². The van der Waals surface area contributed by atoms with Gasteiger partial charge in [-0.3, -0.25) is 4.79 Å². The third kappa shape index (κ3) is 3.85. The molecule has 0 atom stereocenters. The largest absolute Gasteiger partial charge is 0.397 e. The molecule has 2 N–H and O–H groups in total. The van der Waals surface area contributed by atoms with Gasteiger partial charge in [0.05, 0.1) is 24.1 Å². The number of nitrogen functional groups attached to an aromatic ring is 1. The van der Waals surface area contributed by atoms with Crippen molar-refractivity contribution < 1.29 is 9.53 Å². The van der Waals surface area contributed by atoms with E-state index in [0.29, 0.717) is 37.6 Å². The summed E-state index contributed by atoms with van der Waals surface area (Å²) in [5.41, 5.74) is 6.36. The number of nitrogens with two attached hydrogens (primary N) is 1. The van der Waals surface area contributed by atoms with Crippen LogP contribution in [0.25, 0.3) is 0 Å². The topological polar surface area (TPSA) is 68.5 Å². The number of pyridine rings is 1. The van der Waals surface area contributed by atoms with Crippen LogP contribution in [0, 0.1) is 0 Å². The van der Waals surface area contributed by atoms with E-state index in [1.165, 1.54) is 6.20 Å². The summed E-state index contributed by atoms with van der Waals surface area (Å²) in [6, 6.07) is 1.54. The van der Waals surface area contributed by atoms with Crippen LogP contribution in [0.15, 0.2) is 12.3 Å². The van der Waals surface area contributed by atoms with Crippen LogP contribution in [-0.4, -0.2) is 42.1 Å². The van der Waals surface area contributed by atoms with Crippen LogP contribution in [0.1, 0.15) is 24.2 Å². The molecule has 0 aliphatic rings. The van der Waals surface area contributed by atoms with Gasteiger partial charge in [0.1, 0.15) is 5.15 Å². The van der Waals surface area contributed by atoms with E-state index in [1.54, 1.807) is 11.0 Å².